The van der Waals surface area contributed by atoms with Gasteiger partial charge in [-0.25, -0.2) is 0 Å². The third-order valence-electron chi connectivity index (χ3n) is 3.16. The van der Waals surface area contributed by atoms with Crippen LogP contribution in [0.4, 0.5) is 0 Å². The molecule has 4 nitrogen and oxygen atoms in total. The molecule has 2 atom stereocenters. The number of hydrogen-bond acceptors (Lipinski definition) is 2. The number of carbonyl (C=O) groups is 2. The first-order chi connectivity index (χ1) is 9.04. The summed E-state index contributed by atoms with van der Waals surface area (Å²) in [6, 6.07) is 9.24. The van der Waals surface area contributed by atoms with Gasteiger partial charge in [0.25, 0.3) is 0 Å². The van der Waals surface area contributed by atoms with Crippen LogP contribution in [-0.4, -0.2) is 17.9 Å². The second-order valence-corrected chi connectivity index (χ2v) is 4.77. The van der Waals surface area contributed by atoms with E-state index in [1.165, 1.54) is 6.92 Å². The molecule has 0 heterocycles. The fourth-order valence-electron chi connectivity index (χ4n) is 1.82. The van der Waals surface area contributed by atoms with E-state index in [-0.39, 0.29) is 17.7 Å². The van der Waals surface area contributed by atoms with Gasteiger partial charge in [-0.15, -0.1) is 0 Å². The fourth-order valence-corrected chi connectivity index (χ4v) is 1.82. The van der Waals surface area contributed by atoms with Crippen molar-refractivity contribution in [3.05, 3.63) is 35.9 Å². The van der Waals surface area contributed by atoms with Crippen molar-refractivity contribution in [2.75, 3.05) is 0 Å². The van der Waals surface area contributed by atoms with E-state index in [4.69, 9.17) is 0 Å². The molecule has 2 amide bonds. The molecule has 0 aromatic heterocycles. The highest BCUT2D eigenvalue weighted by Gasteiger charge is 2.24. The van der Waals surface area contributed by atoms with Crippen LogP contribution in [-0.2, 0) is 16.1 Å². The predicted molar refractivity (Wildman–Crippen MR) is 75.3 cm³/mol. The summed E-state index contributed by atoms with van der Waals surface area (Å²) in [4.78, 5) is 23.3. The molecule has 19 heavy (non-hydrogen) atoms. The summed E-state index contributed by atoms with van der Waals surface area (Å²) in [5.74, 6) is -0.201. The highest BCUT2D eigenvalue weighted by molar-refractivity contribution is 5.87. The highest BCUT2D eigenvalue weighted by Crippen LogP contribution is 2.08. The molecule has 0 aliphatic carbocycles. The number of hydrogen-bond donors (Lipinski definition) is 2. The smallest absolute Gasteiger partial charge is 0.243 e. The molecule has 1 aromatic rings. The van der Waals surface area contributed by atoms with E-state index in [1.54, 1.807) is 0 Å². The van der Waals surface area contributed by atoms with Crippen molar-refractivity contribution in [1.82, 2.24) is 10.6 Å². The molecule has 0 spiro atoms. The maximum absolute atomic E-state index is 12.1. The monoisotopic (exact) mass is 262 g/mol. The van der Waals surface area contributed by atoms with Gasteiger partial charge in [-0.1, -0.05) is 50.6 Å². The summed E-state index contributed by atoms with van der Waals surface area (Å²) in [7, 11) is 0. The van der Waals surface area contributed by atoms with Crippen LogP contribution in [0.3, 0.4) is 0 Å². The Bertz CT molecular complexity index is 417. The van der Waals surface area contributed by atoms with Crippen molar-refractivity contribution < 1.29 is 9.59 Å². The molecule has 1 aromatic carbocycles. The third kappa shape index (κ3) is 5.12. The summed E-state index contributed by atoms with van der Waals surface area (Å²) >= 11 is 0. The van der Waals surface area contributed by atoms with E-state index in [0.29, 0.717) is 6.54 Å². The summed E-state index contributed by atoms with van der Waals surface area (Å²) in [5, 5.41) is 5.58. The van der Waals surface area contributed by atoms with E-state index in [0.717, 1.165) is 12.0 Å². The first-order valence-corrected chi connectivity index (χ1v) is 6.63. The SMILES string of the molecule is CC[C@H](C)[C@H](NC(C)=O)C(=O)NCc1ccccc1. The summed E-state index contributed by atoms with van der Waals surface area (Å²) in [5.41, 5.74) is 1.04. The van der Waals surface area contributed by atoms with Crippen molar-refractivity contribution in [1.29, 1.82) is 0 Å². The van der Waals surface area contributed by atoms with Gasteiger partial charge in [0.2, 0.25) is 11.8 Å². The van der Waals surface area contributed by atoms with E-state index in [1.807, 2.05) is 44.2 Å². The second-order valence-electron chi connectivity index (χ2n) is 4.77. The Morgan fingerprint density at radius 2 is 1.84 bits per heavy atom. The normalized spacial score (nSPS) is 13.4. The Balaban J connectivity index is 2.59. The lowest BCUT2D eigenvalue weighted by molar-refractivity contribution is -0.129. The van der Waals surface area contributed by atoms with Crippen LogP contribution >= 0.6 is 0 Å². The first-order valence-electron chi connectivity index (χ1n) is 6.63. The van der Waals surface area contributed by atoms with Gasteiger partial charge in [0, 0.05) is 13.5 Å². The number of carbonyl (C=O) groups excluding carboxylic acids is 2. The minimum absolute atomic E-state index is 0.111. The van der Waals surface area contributed by atoms with Crippen molar-refractivity contribution >= 4 is 11.8 Å². The summed E-state index contributed by atoms with van der Waals surface area (Å²) in [6.07, 6.45) is 0.837. The Hall–Kier alpha value is -1.84. The highest BCUT2D eigenvalue weighted by atomic mass is 16.2. The zero-order chi connectivity index (χ0) is 14.3. The third-order valence-corrected chi connectivity index (χ3v) is 3.16. The van der Waals surface area contributed by atoms with Crippen LogP contribution in [0.5, 0.6) is 0 Å². The molecule has 0 aliphatic heterocycles. The van der Waals surface area contributed by atoms with Crippen molar-refractivity contribution in [3.8, 4) is 0 Å². The van der Waals surface area contributed by atoms with Crippen LogP contribution in [0.1, 0.15) is 32.8 Å². The molecule has 1 rings (SSSR count). The Morgan fingerprint density at radius 3 is 2.37 bits per heavy atom. The second kappa shape index (κ2) is 7.56. The zero-order valence-electron chi connectivity index (χ0n) is 11.8. The zero-order valence-corrected chi connectivity index (χ0v) is 11.8. The van der Waals surface area contributed by atoms with Crippen LogP contribution < -0.4 is 10.6 Å². The quantitative estimate of drug-likeness (QED) is 0.822. The molecule has 4 heteroatoms. The van der Waals surface area contributed by atoms with Crippen LogP contribution in [0, 0.1) is 5.92 Å². The first kappa shape index (κ1) is 15.2. The average molecular weight is 262 g/mol. The number of amides is 2. The maximum Gasteiger partial charge on any atom is 0.243 e. The summed E-state index contributed by atoms with van der Waals surface area (Å²) < 4.78 is 0. The standard InChI is InChI=1S/C15H22N2O2/c1-4-11(2)14(17-12(3)18)15(19)16-10-13-8-6-5-7-9-13/h5-9,11,14H,4,10H2,1-3H3,(H,16,19)(H,17,18)/t11-,14-/m0/s1. The molecular weight excluding hydrogens is 240 g/mol. The molecule has 0 bridgehead atoms. The lowest BCUT2D eigenvalue weighted by Crippen LogP contribution is -2.49. The van der Waals surface area contributed by atoms with Gasteiger partial charge in [0.15, 0.2) is 0 Å². The van der Waals surface area contributed by atoms with E-state index >= 15 is 0 Å². The molecule has 0 fully saturated rings. The maximum atomic E-state index is 12.1. The lowest BCUT2D eigenvalue weighted by atomic mass is 9.98. The Labute approximate surface area is 114 Å². The molecule has 0 radical (unpaired) electrons. The van der Waals surface area contributed by atoms with Gasteiger partial charge in [0.05, 0.1) is 0 Å². The van der Waals surface area contributed by atoms with E-state index in [9.17, 15) is 9.59 Å². The van der Waals surface area contributed by atoms with Crippen molar-refractivity contribution in [2.24, 2.45) is 5.92 Å². The minimum atomic E-state index is -0.466. The van der Waals surface area contributed by atoms with Gasteiger partial charge < -0.3 is 10.6 Å². The van der Waals surface area contributed by atoms with Gasteiger partial charge in [-0.2, -0.15) is 0 Å². The van der Waals surface area contributed by atoms with Gasteiger partial charge in [-0.3, -0.25) is 9.59 Å². The van der Waals surface area contributed by atoms with Crippen LogP contribution in [0.2, 0.25) is 0 Å². The van der Waals surface area contributed by atoms with E-state index in [2.05, 4.69) is 10.6 Å². The molecular formula is C15H22N2O2. The topological polar surface area (TPSA) is 58.2 Å². The lowest BCUT2D eigenvalue weighted by Gasteiger charge is -2.22. The van der Waals surface area contributed by atoms with Crippen LogP contribution in [0.25, 0.3) is 0 Å². The van der Waals surface area contributed by atoms with Gasteiger partial charge in [0.1, 0.15) is 6.04 Å². The fraction of sp³-hybridized carbons (Fsp3) is 0.467. The predicted octanol–water partition coefficient (Wildman–Crippen LogP) is 1.85. The summed E-state index contributed by atoms with van der Waals surface area (Å²) in [6.45, 7) is 5.87. The molecule has 0 aliphatic rings. The number of benzene rings is 1. The number of rotatable bonds is 6. The average Bonchev–Trinajstić information content (AvgIpc) is 2.42. The van der Waals surface area contributed by atoms with Gasteiger partial charge >= 0.3 is 0 Å². The van der Waals surface area contributed by atoms with E-state index < -0.39 is 6.04 Å². The number of nitrogens with one attached hydrogen (secondary N) is 2. The van der Waals surface area contributed by atoms with Crippen molar-refractivity contribution in [2.45, 2.75) is 39.8 Å². The molecule has 0 unspecified atom stereocenters. The largest absolute Gasteiger partial charge is 0.350 e. The van der Waals surface area contributed by atoms with Crippen molar-refractivity contribution in [3.63, 3.8) is 0 Å². The molecule has 104 valence electrons. The molecule has 0 saturated heterocycles. The van der Waals surface area contributed by atoms with Gasteiger partial charge in [-0.05, 0) is 11.5 Å². The van der Waals surface area contributed by atoms with Crippen LogP contribution in [0.15, 0.2) is 30.3 Å². The Morgan fingerprint density at radius 1 is 1.21 bits per heavy atom. The molecule has 2 N–H and O–H groups in total. The minimum Gasteiger partial charge on any atom is -0.350 e. The molecule has 0 saturated carbocycles. The Kier molecular flexibility index (Phi) is 6.06.